The maximum atomic E-state index is 12.9. The number of esters is 1. The Bertz CT molecular complexity index is 1230. The molecule has 0 aromatic carbocycles. The third-order valence-electron chi connectivity index (χ3n) is 4.50. The number of anilines is 1. The zero-order chi connectivity index (χ0) is 27.1. The molecule has 3 rings (SSSR count). The molecule has 3 heterocycles. The largest absolute Gasteiger partial charge is 0.479 e. The van der Waals surface area contributed by atoms with Gasteiger partial charge < -0.3 is 30.8 Å². The number of nitrogens with zero attached hydrogens (tertiary/aromatic N) is 3. The Morgan fingerprint density at radius 1 is 1.38 bits per heavy atom. The summed E-state index contributed by atoms with van der Waals surface area (Å²) in [5.74, 6) is -4.70. The van der Waals surface area contributed by atoms with Crippen LogP contribution in [-0.4, -0.2) is 85.9 Å². The van der Waals surface area contributed by atoms with Gasteiger partial charge in [0.2, 0.25) is 6.61 Å². The Kier molecular flexibility index (Phi) is 9.31. The second-order valence-electron chi connectivity index (χ2n) is 6.96. The van der Waals surface area contributed by atoms with Gasteiger partial charge in [-0.3, -0.25) is 14.5 Å². The molecule has 0 bridgehead atoms. The van der Waals surface area contributed by atoms with Crippen LogP contribution in [0.5, 0.6) is 0 Å². The molecule has 0 aliphatic carbocycles. The van der Waals surface area contributed by atoms with E-state index in [-0.39, 0.29) is 28.9 Å². The van der Waals surface area contributed by atoms with Crippen molar-refractivity contribution in [3.8, 4) is 0 Å². The van der Waals surface area contributed by atoms with Gasteiger partial charge in [-0.1, -0.05) is 29.6 Å². The first kappa shape index (κ1) is 27.8. The van der Waals surface area contributed by atoms with Crippen LogP contribution < -0.4 is 11.1 Å². The van der Waals surface area contributed by atoms with Crippen LogP contribution in [0.2, 0.25) is 0 Å². The fourth-order valence-corrected chi connectivity index (χ4v) is 5.86. The lowest BCUT2D eigenvalue weighted by molar-refractivity contribution is -0.150. The molecule has 1 aromatic heterocycles. The van der Waals surface area contributed by atoms with E-state index in [0.29, 0.717) is 4.91 Å². The van der Waals surface area contributed by atoms with Crippen LogP contribution >= 0.6 is 34.9 Å². The van der Waals surface area contributed by atoms with E-state index in [4.69, 9.17) is 15.6 Å². The number of carboxylic acids is 2. The van der Waals surface area contributed by atoms with E-state index < -0.39 is 53.5 Å². The van der Waals surface area contributed by atoms with Crippen molar-refractivity contribution in [3.05, 3.63) is 45.8 Å². The van der Waals surface area contributed by atoms with Gasteiger partial charge in [0.25, 0.3) is 11.8 Å². The number of carbonyl (C=O) groups excluding carboxylic acids is 3. The molecule has 1 aromatic rings. The Morgan fingerprint density at radius 3 is 2.76 bits per heavy atom. The van der Waals surface area contributed by atoms with Gasteiger partial charge in [-0.15, -0.1) is 23.1 Å². The van der Waals surface area contributed by atoms with Crippen LogP contribution in [0.4, 0.5) is 5.13 Å². The number of carbonyl (C=O) groups is 5. The molecule has 5 N–H and O–H groups in total. The number of nitrogens with one attached hydrogen (secondary N) is 1. The van der Waals surface area contributed by atoms with E-state index in [1.54, 1.807) is 0 Å². The van der Waals surface area contributed by atoms with Crippen LogP contribution in [0.25, 0.3) is 0 Å². The van der Waals surface area contributed by atoms with E-state index in [9.17, 15) is 29.1 Å². The normalized spacial score (nSPS) is 19.2. The topological polar surface area (TPSA) is 211 Å². The summed E-state index contributed by atoms with van der Waals surface area (Å²) in [5, 5.41) is 26.6. The van der Waals surface area contributed by atoms with Crippen molar-refractivity contribution in [2.45, 2.75) is 11.4 Å². The lowest BCUT2D eigenvalue weighted by Crippen LogP contribution is -2.71. The molecular weight excluding hydrogens is 550 g/mol. The molecule has 17 heteroatoms. The molecule has 0 saturated carbocycles. The van der Waals surface area contributed by atoms with E-state index in [1.165, 1.54) is 28.6 Å². The van der Waals surface area contributed by atoms with Gasteiger partial charge in [-0.25, -0.2) is 19.4 Å². The second kappa shape index (κ2) is 12.4. The standard InChI is InChI=1S/C20H19N5O9S3/c1-2-4-33-12(28)3-5-35-10-8-36-18-14(17(30)25(18)15(10)19(31)32)23-16(29)13(24-34-6-11(26)27)9-7-37-20(21)22-9/h2-3,5,7,14,18H,1,4,6,8H2,(H2,21,22)(H,23,29)(H,26,27)(H,31,32)/b5-3-,24-13-/t14-,18-/m1/s1. The molecule has 1 fully saturated rings. The summed E-state index contributed by atoms with van der Waals surface area (Å²) in [6, 6.07) is -1.09. The summed E-state index contributed by atoms with van der Waals surface area (Å²) >= 11 is 3.17. The zero-order valence-corrected chi connectivity index (χ0v) is 21.1. The number of ether oxygens (including phenoxy) is 1. The van der Waals surface area contributed by atoms with Gasteiger partial charge in [0, 0.05) is 22.1 Å². The molecule has 0 radical (unpaired) electrons. The Hall–Kier alpha value is -3.83. The van der Waals surface area contributed by atoms with Crippen molar-refractivity contribution in [3.63, 3.8) is 0 Å². The Balaban J connectivity index is 1.73. The van der Waals surface area contributed by atoms with Gasteiger partial charge in [0.1, 0.15) is 29.4 Å². The molecule has 0 spiro atoms. The predicted molar refractivity (Wildman–Crippen MR) is 134 cm³/mol. The van der Waals surface area contributed by atoms with Crippen molar-refractivity contribution in [1.29, 1.82) is 0 Å². The molecule has 2 aliphatic rings. The zero-order valence-electron chi connectivity index (χ0n) is 18.7. The predicted octanol–water partition coefficient (Wildman–Crippen LogP) is 0.203. The average Bonchev–Trinajstić information content (AvgIpc) is 3.28. The monoisotopic (exact) mass is 569 g/mol. The maximum Gasteiger partial charge on any atom is 0.353 e. The fraction of sp³-hybridized carbons (Fsp3) is 0.250. The van der Waals surface area contributed by atoms with E-state index >= 15 is 0 Å². The smallest absolute Gasteiger partial charge is 0.353 e. The van der Waals surface area contributed by atoms with E-state index in [1.807, 2.05) is 0 Å². The molecule has 37 heavy (non-hydrogen) atoms. The number of carboxylic acid groups (broad SMARTS) is 2. The number of hydrogen-bond donors (Lipinski definition) is 4. The van der Waals surface area contributed by atoms with Crippen molar-refractivity contribution in [2.75, 3.05) is 24.7 Å². The second-order valence-corrected chi connectivity index (χ2v) is 9.95. The number of aliphatic carboxylic acids is 2. The van der Waals surface area contributed by atoms with Crippen molar-refractivity contribution < 1.29 is 43.8 Å². The Labute approximate surface area is 221 Å². The lowest BCUT2D eigenvalue weighted by Gasteiger charge is -2.49. The highest BCUT2D eigenvalue weighted by Gasteiger charge is 2.54. The molecule has 2 aliphatic heterocycles. The van der Waals surface area contributed by atoms with Gasteiger partial charge in [-0.2, -0.15) is 0 Å². The fourth-order valence-electron chi connectivity index (χ4n) is 3.00. The van der Waals surface area contributed by atoms with Crippen LogP contribution in [0.1, 0.15) is 5.69 Å². The summed E-state index contributed by atoms with van der Waals surface area (Å²) in [7, 11) is 0. The lowest BCUT2D eigenvalue weighted by atomic mass is 10.0. The summed E-state index contributed by atoms with van der Waals surface area (Å²) in [6.07, 6.45) is 2.52. The number of aromatic nitrogens is 1. The summed E-state index contributed by atoms with van der Waals surface area (Å²) < 4.78 is 4.80. The Morgan fingerprint density at radius 2 is 2.14 bits per heavy atom. The molecule has 0 unspecified atom stereocenters. The number of oxime groups is 1. The molecule has 196 valence electrons. The van der Waals surface area contributed by atoms with Crippen LogP contribution in [0.3, 0.4) is 0 Å². The van der Waals surface area contributed by atoms with Crippen LogP contribution in [0.15, 0.2) is 45.3 Å². The van der Waals surface area contributed by atoms with Gasteiger partial charge in [-0.05, 0) is 5.41 Å². The molecule has 2 atom stereocenters. The van der Waals surface area contributed by atoms with Crippen molar-refractivity contribution in [1.82, 2.24) is 15.2 Å². The first-order valence-corrected chi connectivity index (χ1v) is 12.9. The number of hydrogen-bond acceptors (Lipinski definition) is 13. The number of thiazole rings is 1. The maximum absolute atomic E-state index is 12.9. The van der Waals surface area contributed by atoms with Gasteiger partial charge >= 0.3 is 17.9 Å². The summed E-state index contributed by atoms with van der Waals surface area (Å²) in [4.78, 5) is 70.0. The van der Waals surface area contributed by atoms with Gasteiger partial charge in [0.15, 0.2) is 10.8 Å². The van der Waals surface area contributed by atoms with Crippen LogP contribution in [-0.2, 0) is 33.5 Å². The van der Waals surface area contributed by atoms with Crippen molar-refractivity contribution in [2.24, 2.45) is 5.16 Å². The number of nitrogen functional groups attached to an aromatic ring is 1. The number of rotatable bonds is 12. The first-order chi connectivity index (χ1) is 17.6. The highest BCUT2D eigenvalue weighted by atomic mass is 32.2. The average molecular weight is 570 g/mol. The highest BCUT2D eigenvalue weighted by Crippen LogP contribution is 2.43. The molecular formula is C20H19N5O9S3. The third kappa shape index (κ3) is 6.69. The van der Waals surface area contributed by atoms with Crippen LogP contribution in [0, 0.1) is 0 Å². The molecule has 14 nitrogen and oxygen atoms in total. The third-order valence-corrected chi connectivity index (χ3v) is 7.53. The van der Waals surface area contributed by atoms with E-state index in [2.05, 4.69) is 26.9 Å². The van der Waals surface area contributed by atoms with E-state index in [0.717, 1.165) is 34.1 Å². The molecule has 2 amide bonds. The summed E-state index contributed by atoms with van der Waals surface area (Å²) in [5.41, 5.74) is 4.94. The number of β-lactam (4-membered cyclic amide) rings is 1. The van der Waals surface area contributed by atoms with Gasteiger partial charge in [0.05, 0.1) is 0 Å². The SMILES string of the molecule is C=CCOC(=O)/C=C\SC1=C(C(=O)O)N2C(=O)[C@@H](NC(=O)/C(=N\OCC(=O)O)c3csc(N)n3)[C@H]2SC1. The minimum Gasteiger partial charge on any atom is -0.479 e. The number of amides is 2. The number of fused-ring (bicyclic) bond motifs is 1. The first-order valence-electron chi connectivity index (χ1n) is 10.1. The number of thioether (sulfide) groups is 2. The molecule has 1 saturated heterocycles. The summed E-state index contributed by atoms with van der Waals surface area (Å²) in [6.45, 7) is 2.63. The number of nitrogens with two attached hydrogens (primary N) is 1. The van der Waals surface area contributed by atoms with Crippen molar-refractivity contribution >= 4 is 75.4 Å². The minimum atomic E-state index is -1.35. The quantitative estimate of drug-likeness (QED) is 0.0663. The minimum absolute atomic E-state index is 0.00789. The highest BCUT2D eigenvalue weighted by molar-refractivity contribution is 8.08.